The molecule has 0 aliphatic carbocycles. The summed E-state index contributed by atoms with van der Waals surface area (Å²) < 4.78 is 0. The van der Waals surface area contributed by atoms with Crippen molar-refractivity contribution in [2.75, 3.05) is 6.54 Å². The SMILES string of the molecule is CC(=N)/C=C\NCC(N)=O. The number of amides is 1. The van der Waals surface area contributed by atoms with E-state index in [2.05, 4.69) is 5.32 Å². The van der Waals surface area contributed by atoms with E-state index in [0.717, 1.165) is 0 Å². The number of hydrogen-bond donors (Lipinski definition) is 3. The molecule has 4 heteroatoms. The van der Waals surface area contributed by atoms with E-state index in [9.17, 15) is 4.79 Å². The van der Waals surface area contributed by atoms with E-state index in [1.54, 1.807) is 13.0 Å². The summed E-state index contributed by atoms with van der Waals surface area (Å²) in [6, 6.07) is 0. The van der Waals surface area contributed by atoms with Crippen molar-refractivity contribution in [1.82, 2.24) is 5.32 Å². The standard InChI is InChI=1S/C6H11N3O/c1-5(7)2-3-9-4-6(8)10/h2-3,7,9H,4H2,1H3,(H2,8,10)/b3-2-,7-5?. The Bertz CT molecular complexity index is 162. The minimum Gasteiger partial charge on any atom is -0.382 e. The quantitative estimate of drug-likeness (QED) is 0.466. The minimum atomic E-state index is -0.410. The molecular weight excluding hydrogens is 130 g/mol. The lowest BCUT2D eigenvalue weighted by Crippen LogP contribution is -2.24. The van der Waals surface area contributed by atoms with E-state index < -0.39 is 5.91 Å². The second-order valence-electron chi connectivity index (χ2n) is 1.86. The van der Waals surface area contributed by atoms with Gasteiger partial charge in [-0.2, -0.15) is 0 Å². The summed E-state index contributed by atoms with van der Waals surface area (Å²) in [5, 5.41) is 9.56. The van der Waals surface area contributed by atoms with E-state index in [4.69, 9.17) is 11.1 Å². The van der Waals surface area contributed by atoms with Gasteiger partial charge in [0.2, 0.25) is 5.91 Å². The number of nitrogens with one attached hydrogen (secondary N) is 2. The molecule has 0 heterocycles. The maximum atomic E-state index is 10.1. The lowest BCUT2D eigenvalue weighted by Gasteiger charge is -1.92. The van der Waals surface area contributed by atoms with Crippen LogP contribution in [0, 0.1) is 5.41 Å². The number of carbonyl (C=O) groups excluding carboxylic acids is 1. The Morgan fingerprint density at radius 2 is 2.40 bits per heavy atom. The Balaban J connectivity index is 3.36. The summed E-state index contributed by atoms with van der Waals surface area (Å²) in [4.78, 5) is 10.1. The highest BCUT2D eigenvalue weighted by Crippen LogP contribution is 1.70. The molecule has 0 fully saturated rings. The van der Waals surface area contributed by atoms with Gasteiger partial charge in [0.15, 0.2) is 0 Å². The molecule has 0 bridgehead atoms. The predicted octanol–water partition coefficient (Wildman–Crippen LogP) is -0.385. The molecule has 0 atom stereocenters. The Morgan fingerprint density at radius 1 is 1.80 bits per heavy atom. The van der Waals surface area contributed by atoms with Crippen molar-refractivity contribution in [3.63, 3.8) is 0 Å². The van der Waals surface area contributed by atoms with Crippen molar-refractivity contribution in [1.29, 1.82) is 5.41 Å². The number of nitrogens with two attached hydrogens (primary N) is 1. The zero-order valence-electron chi connectivity index (χ0n) is 5.85. The fourth-order valence-electron chi connectivity index (χ4n) is 0.343. The van der Waals surface area contributed by atoms with Crippen LogP contribution in [0.1, 0.15) is 6.92 Å². The van der Waals surface area contributed by atoms with Crippen LogP contribution in [0.3, 0.4) is 0 Å². The van der Waals surface area contributed by atoms with Crippen molar-refractivity contribution in [2.45, 2.75) is 6.92 Å². The number of primary amides is 1. The fraction of sp³-hybridized carbons (Fsp3) is 0.333. The lowest BCUT2D eigenvalue weighted by molar-refractivity contribution is -0.117. The van der Waals surface area contributed by atoms with Crippen LogP contribution >= 0.6 is 0 Å². The highest BCUT2D eigenvalue weighted by atomic mass is 16.1. The first-order valence-corrected chi connectivity index (χ1v) is 2.86. The van der Waals surface area contributed by atoms with Crippen LogP contribution in [0.25, 0.3) is 0 Å². The van der Waals surface area contributed by atoms with Gasteiger partial charge >= 0.3 is 0 Å². The molecule has 0 aromatic heterocycles. The highest BCUT2D eigenvalue weighted by molar-refractivity contribution is 5.89. The molecule has 4 N–H and O–H groups in total. The van der Waals surface area contributed by atoms with Crippen LogP contribution < -0.4 is 11.1 Å². The summed E-state index contributed by atoms with van der Waals surface area (Å²) >= 11 is 0. The molecule has 10 heavy (non-hydrogen) atoms. The normalized spacial score (nSPS) is 9.70. The fourth-order valence-corrected chi connectivity index (χ4v) is 0.343. The van der Waals surface area contributed by atoms with Crippen LogP contribution in [0.4, 0.5) is 0 Å². The first-order chi connectivity index (χ1) is 4.63. The zero-order valence-corrected chi connectivity index (χ0v) is 5.85. The van der Waals surface area contributed by atoms with E-state index in [-0.39, 0.29) is 6.54 Å². The maximum Gasteiger partial charge on any atom is 0.236 e. The average Bonchev–Trinajstić information content (AvgIpc) is 1.79. The van der Waals surface area contributed by atoms with Crippen molar-refractivity contribution in [3.05, 3.63) is 12.3 Å². The Hall–Kier alpha value is -1.32. The maximum absolute atomic E-state index is 10.1. The first kappa shape index (κ1) is 8.68. The predicted molar refractivity (Wildman–Crippen MR) is 39.7 cm³/mol. The van der Waals surface area contributed by atoms with Gasteiger partial charge in [-0.3, -0.25) is 4.79 Å². The van der Waals surface area contributed by atoms with Crippen LogP contribution in [0.15, 0.2) is 12.3 Å². The van der Waals surface area contributed by atoms with Gasteiger partial charge in [0.25, 0.3) is 0 Å². The summed E-state index contributed by atoms with van der Waals surface area (Å²) in [5.74, 6) is -0.410. The van der Waals surface area contributed by atoms with Crippen LogP contribution in [-0.2, 0) is 4.79 Å². The molecule has 4 nitrogen and oxygen atoms in total. The third-order valence-electron chi connectivity index (χ3n) is 0.727. The van der Waals surface area contributed by atoms with Crippen molar-refractivity contribution < 1.29 is 4.79 Å². The molecular formula is C6H11N3O. The van der Waals surface area contributed by atoms with Crippen LogP contribution in [-0.4, -0.2) is 18.2 Å². The van der Waals surface area contributed by atoms with Crippen molar-refractivity contribution >= 4 is 11.6 Å². The second kappa shape index (κ2) is 4.55. The van der Waals surface area contributed by atoms with Gasteiger partial charge in [0.1, 0.15) is 0 Å². The Kier molecular flexibility index (Phi) is 3.95. The number of hydrogen-bond acceptors (Lipinski definition) is 3. The van der Waals surface area contributed by atoms with Crippen molar-refractivity contribution in [3.8, 4) is 0 Å². The molecule has 0 saturated carbocycles. The third-order valence-corrected chi connectivity index (χ3v) is 0.727. The van der Waals surface area contributed by atoms with Gasteiger partial charge in [-0.25, -0.2) is 0 Å². The summed E-state index contributed by atoms with van der Waals surface area (Å²) in [5.41, 5.74) is 5.25. The number of carbonyl (C=O) groups is 1. The topological polar surface area (TPSA) is 79.0 Å². The van der Waals surface area contributed by atoms with Gasteiger partial charge in [-0.15, -0.1) is 0 Å². The van der Waals surface area contributed by atoms with Crippen LogP contribution in [0.5, 0.6) is 0 Å². The van der Waals surface area contributed by atoms with Crippen LogP contribution in [0.2, 0.25) is 0 Å². The third kappa shape index (κ3) is 6.68. The molecule has 0 spiro atoms. The van der Waals surface area contributed by atoms with Gasteiger partial charge < -0.3 is 16.5 Å². The molecule has 0 aromatic carbocycles. The summed E-state index contributed by atoms with van der Waals surface area (Å²) in [6.07, 6.45) is 3.07. The van der Waals surface area contributed by atoms with E-state index in [0.29, 0.717) is 5.71 Å². The molecule has 0 unspecified atom stereocenters. The average molecular weight is 141 g/mol. The summed E-state index contributed by atoms with van der Waals surface area (Å²) in [7, 11) is 0. The zero-order chi connectivity index (χ0) is 7.98. The molecule has 0 aromatic rings. The van der Waals surface area contributed by atoms with Gasteiger partial charge in [-0.1, -0.05) is 0 Å². The van der Waals surface area contributed by atoms with Gasteiger partial charge in [0, 0.05) is 5.71 Å². The lowest BCUT2D eigenvalue weighted by atomic mass is 10.4. The molecule has 0 aliphatic heterocycles. The monoisotopic (exact) mass is 141 g/mol. The van der Waals surface area contributed by atoms with Gasteiger partial charge in [0.05, 0.1) is 6.54 Å². The smallest absolute Gasteiger partial charge is 0.236 e. The molecule has 0 aliphatic rings. The summed E-state index contributed by atoms with van der Waals surface area (Å²) in [6.45, 7) is 1.76. The molecule has 1 amide bonds. The molecule has 56 valence electrons. The largest absolute Gasteiger partial charge is 0.382 e. The minimum absolute atomic E-state index is 0.115. The molecule has 0 rings (SSSR count). The van der Waals surface area contributed by atoms with E-state index in [1.807, 2.05) is 0 Å². The van der Waals surface area contributed by atoms with Gasteiger partial charge in [-0.05, 0) is 19.2 Å². The number of rotatable bonds is 4. The Morgan fingerprint density at radius 3 is 2.80 bits per heavy atom. The second-order valence-corrected chi connectivity index (χ2v) is 1.86. The highest BCUT2D eigenvalue weighted by Gasteiger charge is 1.86. The molecule has 0 radical (unpaired) electrons. The number of allylic oxidation sites excluding steroid dienone is 1. The first-order valence-electron chi connectivity index (χ1n) is 2.86. The molecule has 0 saturated heterocycles. The Labute approximate surface area is 59.6 Å². The van der Waals surface area contributed by atoms with E-state index >= 15 is 0 Å². The van der Waals surface area contributed by atoms with E-state index in [1.165, 1.54) is 6.20 Å². The van der Waals surface area contributed by atoms with Crippen molar-refractivity contribution in [2.24, 2.45) is 5.73 Å².